The Kier molecular flexibility index (Phi) is 7.27. The first-order valence-electron chi connectivity index (χ1n) is 8.97. The molecule has 0 saturated heterocycles. The second-order valence-corrected chi connectivity index (χ2v) is 15.5. The molecule has 0 aromatic carbocycles. The Hall–Kier alpha value is -0.883. The van der Waals surface area contributed by atoms with E-state index in [2.05, 4.69) is 33.5 Å². The van der Waals surface area contributed by atoms with Gasteiger partial charge in [-0.25, -0.2) is 4.79 Å². The zero-order chi connectivity index (χ0) is 19.6. The zero-order valence-electron chi connectivity index (χ0n) is 16.5. The number of hydrogen-bond acceptors (Lipinski definition) is 4. The molecule has 0 aromatic heterocycles. The summed E-state index contributed by atoms with van der Waals surface area (Å²) in [6.07, 6.45) is 1.57. The van der Waals surface area contributed by atoms with E-state index in [1.54, 1.807) is 18.7 Å². The number of carboxylic acids is 1. The van der Waals surface area contributed by atoms with Gasteiger partial charge in [-0.05, 0) is 31.1 Å². The summed E-state index contributed by atoms with van der Waals surface area (Å²) in [7, 11) is -1.42. The Labute approximate surface area is 156 Å². The van der Waals surface area contributed by atoms with Crippen LogP contribution in [0.1, 0.15) is 40.5 Å². The highest BCUT2D eigenvalue weighted by Crippen LogP contribution is 2.57. The Morgan fingerprint density at radius 2 is 1.80 bits per heavy atom. The fourth-order valence-corrected chi connectivity index (χ4v) is 6.72. The molecule has 25 heavy (non-hydrogen) atoms. The summed E-state index contributed by atoms with van der Waals surface area (Å²) in [6, 6.07) is 0.962. The van der Waals surface area contributed by atoms with Crippen LogP contribution in [0.5, 0.6) is 0 Å². The summed E-state index contributed by atoms with van der Waals surface area (Å²) >= 11 is 1.61. The second kappa shape index (κ2) is 8.21. The van der Waals surface area contributed by atoms with Crippen molar-refractivity contribution in [3.8, 4) is 0 Å². The quantitative estimate of drug-likeness (QED) is 0.464. The van der Waals surface area contributed by atoms with Crippen molar-refractivity contribution < 1.29 is 19.5 Å². The molecule has 1 N–H and O–H groups in total. The number of aliphatic carboxylic acids is 1. The highest BCUT2D eigenvalue weighted by atomic mass is 32.2. The van der Waals surface area contributed by atoms with Gasteiger partial charge in [-0.2, -0.15) is 0 Å². The maximum atomic E-state index is 12.4. The molecule has 1 rings (SSSR count). The monoisotopic (exact) mass is 384 g/mol. The first-order chi connectivity index (χ1) is 11.3. The molecule has 0 aromatic rings. The zero-order valence-corrected chi connectivity index (χ0v) is 18.3. The highest BCUT2D eigenvalue weighted by Gasteiger charge is 2.54. The Balaban J connectivity index is 3.45. The number of rotatable bonds is 9. The van der Waals surface area contributed by atoms with Crippen molar-refractivity contribution in [2.45, 2.75) is 71.5 Å². The van der Waals surface area contributed by atoms with Crippen LogP contribution in [0.25, 0.3) is 0 Å². The van der Waals surface area contributed by atoms with Crippen LogP contribution in [0.4, 0.5) is 0 Å². The van der Waals surface area contributed by atoms with Crippen LogP contribution in [0.3, 0.4) is 0 Å². The van der Waals surface area contributed by atoms with Crippen LogP contribution < -0.4 is 0 Å². The molecule has 1 heterocycles. The number of Topliss-reactive ketones (excluding diaryl/α,β-unsaturated/α-hetero) is 2. The molecule has 4 nitrogen and oxygen atoms in total. The van der Waals surface area contributed by atoms with Crippen molar-refractivity contribution in [2.24, 2.45) is 17.3 Å². The van der Waals surface area contributed by atoms with Crippen molar-refractivity contribution in [1.82, 2.24) is 0 Å². The smallest absolute Gasteiger partial charge is 0.372 e. The van der Waals surface area contributed by atoms with Crippen molar-refractivity contribution >= 4 is 37.4 Å². The number of carbonyl (C=O) groups is 3. The standard InChI is InChI=1S/C19H32O4SSi/c1-12(2)10-16-19(8-9-25(5,6)7,13(3)17(21)18(22)23)15(11-24-16)14(4)20/h11-13,16H,8-10H2,1-7H3,(H,22,23). The number of carbonyl (C=O) groups excluding carboxylic acids is 2. The van der Waals surface area contributed by atoms with E-state index in [9.17, 15) is 19.5 Å². The molecule has 3 unspecified atom stereocenters. The molecule has 0 saturated carbocycles. The van der Waals surface area contributed by atoms with E-state index in [1.807, 2.05) is 5.41 Å². The van der Waals surface area contributed by atoms with Gasteiger partial charge in [-0.3, -0.25) is 9.59 Å². The van der Waals surface area contributed by atoms with E-state index in [1.165, 1.54) is 6.92 Å². The first-order valence-corrected chi connectivity index (χ1v) is 13.6. The lowest BCUT2D eigenvalue weighted by Gasteiger charge is -2.43. The van der Waals surface area contributed by atoms with Gasteiger partial charge in [0.15, 0.2) is 5.78 Å². The van der Waals surface area contributed by atoms with Gasteiger partial charge in [-0.15, -0.1) is 11.8 Å². The number of hydrogen-bond donors (Lipinski definition) is 1. The minimum absolute atomic E-state index is 0.0422. The van der Waals surface area contributed by atoms with Crippen LogP contribution in [0.15, 0.2) is 11.0 Å². The predicted octanol–water partition coefficient (Wildman–Crippen LogP) is 4.63. The third kappa shape index (κ3) is 5.06. The Morgan fingerprint density at radius 3 is 2.20 bits per heavy atom. The summed E-state index contributed by atoms with van der Waals surface area (Å²) < 4.78 is 0. The molecule has 3 atom stereocenters. The van der Waals surface area contributed by atoms with E-state index >= 15 is 0 Å². The Bertz CT molecular complexity index is 576. The van der Waals surface area contributed by atoms with Crippen LogP contribution in [-0.2, 0) is 14.4 Å². The minimum atomic E-state index is -1.42. The maximum absolute atomic E-state index is 12.4. The molecule has 0 spiro atoms. The molecule has 0 fully saturated rings. The van der Waals surface area contributed by atoms with Gasteiger partial charge in [0, 0.05) is 30.2 Å². The molecule has 0 amide bonds. The van der Waals surface area contributed by atoms with Gasteiger partial charge in [0.1, 0.15) is 0 Å². The summed E-state index contributed by atoms with van der Waals surface area (Å²) in [5.41, 5.74) is -0.0141. The topological polar surface area (TPSA) is 71.4 Å². The van der Waals surface area contributed by atoms with Crippen LogP contribution in [0, 0.1) is 17.3 Å². The number of allylic oxidation sites excluding steroid dienone is 1. The van der Waals surface area contributed by atoms with E-state index in [-0.39, 0.29) is 11.0 Å². The van der Waals surface area contributed by atoms with Gasteiger partial charge >= 0.3 is 5.97 Å². The van der Waals surface area contributed by atoms with Crippen molar-refractivity contribution in [3.63, 3.8) is 0 Å². The molecule has 0 aliphatic carbocycles. The first kappa shape index (κ1) is 22.2. The molecule has 6 heteroatoms. The van der Waals surface area contributed by atoms with Crippen LogP contribution >= 0.6 is 11.8 Å². The normalized spacial score (nSPS) is 25.0. The maximum Gasteiger partial charge on any atom is 0.372 e. The summed E-state index contributed by atoms with van der Waals surface area (Å²) in [6.45, 7) is 14.3. The summed E-state index contributed by atoms with van der Waals surface area (Å²) in [5, 5.41) is 11.3. The van der Waals surface area contributed by atoms with E-state index in [0.29, 0.717) is 17.9 Å². The second-order valence-electron chi connectivity index (χ2n) is 8.83. The minimum Gasteiger partial charge on any atom is -0.475 e. The van der Waals surface area contributed by atoms with Gasteiger partial charge in [0.05, 0.1) is 0 Å². The number of ketones is 2. The summed E-state index contributed by atoms with van der Waals surface area (Å²) in [4.78, 5) is 36.2. The molecule has 1 aliphatic rings. The fraction of sp³-hybridized carbons (Fsp3) is 0.737. The number of thioether (sulfide) groups is 1. The molecular formula is C19H32O4SSi. The molecule has 142 valence electrons. The third-order valence-electron chi connectivity index (χ3n) is 5.16. The molecular weight excluding hydrogens is 352 g/mol. The van der Waals surface area contributed by atoms with E-state index in [0.717, 1.165) is 12.5 Å². The SMILES string of the molecule is CC(=O)C1=CSC(CC(C)C)C1(CC[Si](C)(C)C)C(C)C(=O)C(=O)O. The van der Waals surface area contributed by atoms with Gasteiger partial charge in [0.2, 0.25) is 5.78 Å². The van der Waals surface area contributed by atoms with Crippen molar-refractivity contribution in [3.05, 3.63) is 11.0 Å². The third-order valence-corrected chi connectivity index (χ3v) is 8.22. The van der Waals surface area contributed by atoms with Crippen molar-refractivity contribution in [1.29, 1.82) is 0 Å². The van der Waals surface area contributed by atoms with Crippen LogP contribution in [-0.4, -0.2) is 36.0 Å². The van der Waals surface area contributed by atoms with E-state index < -0.39 is 31.2 Å². The average molecular weight is 385 g/mol. The molecule has 0 radical (unpaired) electrons. The lowest BCUT2D eigenvalue weighted by Crippen LogP contribution is -2.46. The summed E-state index contributed by atoms with van der Waals surface area (Å²) in [5.74, 6) is -2.51. The number of carboxylic acid groups (broad SMARTS) is 1. The van der Waals surface area contributed by atoms with Crippen LogP contribution in [0.2, 0.25) is 25.7 Å². The average Bonchev–Trinajstić information content (AvgIpc) is 2.81. The highest BCUT2D eigenvalue weighted by molar-refractivity contribution is 8.03. The Morgan fingerprint density at radius 1 is 1.24 bits per heavy atom. The predicted molar refractivity (Wildman–Crippen MR) is 107 cm³/mol. The molecule has 1 aliphatic heterocycles. The fourth-order valence-electron chi connectivity index (χ4n) is 3.68. The van der Waals surface area contributed by atoms with Gasteiger partial charge < -0.3 is 5.11 Å². The van der Waals surface area contributed by atoms with Gasteiger partial charge in [-0.1, -0.05) is 46.5 Å². The molecule has 0 bridgehead atoms. The van der Waals surface area contributed by atoms with Gasteiger partial charge in [0.25, 0.3) is 0 Å². The largest absolute Gasteiger partial charge is 0.475 e. The lowest BCUT2D eigenvalue weighted by molar-refractivity contribution is -0.152. The van der Waals surface area contributed by atoms with Crippen molar-refractivity contribution in [2.75, 3.05) is 0 Å². The van der Waals surface area contributed by atoms with E-state index in [4.69, 9.17) is 0 Å². The lowest BCUT2D eigenvalue weighted by atomic mass is 9.63.